The number of carbonyl (C=O) groups is 1. The lowest BCUT2D eigenvalue weighted by atomic mass is 10.0. The number of nitrogens with zero attached hydrogens (tertiary/aromatic N) is 2. The van der Waals surface area contributed by atoms with Gasteiger partial charge in [-0.2, -0.15) is 31.4 Å². The summed E-state index contributed by atoms with van der Waals surface area (Å²) in [5, 5.41) is 6.42. The molecule has 0 bridgehead atoms. The van der Waals surface area contributed by atoms with Crippen molar-refractivity contribution < 1.29 is 31.1 Å². The quantitative estimate of drug-likeness (QED) is 0.681. The molecule has 0 fully saturated rings. The molecule has 1 N–H and O–H groups in total. The van der Waals surface area contributed by atoms with E-state index < -0.39 is 35.0 Å². The van der Waals surface area contributed by atoms with Crippen molar-refractivity contribution in [3.63, 3.8) is 0 Å². The number of hydrogen-bond acceptors (Lipinski definition) is 2. The van der Waals surface area contributed by atoms with Gasteiger partial charge in [-0.15, -0.1) is 0 Å². The highest BCUT2D eigenvalue weighted by molar-refractivity contribution is 5.94. The zero-order chi connectivity index (χ0) is 19.8. The van der Waals surface area contributed by atoms with Crippen molar-refractivity contribution in [2.24, 2.45) is 0 Å². The van der Waals surface area contributed by atoms with Crippen LogP contribution in [0, 0.1) is 0 Å². The summed E-state index contributed by atoms with van der Waals surface area (Å²) in [6, 6.07) is 7.61. The molecule has 142 valence electrons. The van der Waals surface area contributed by atoms with Crippen LogP contribution in [0.3, 0.4) is 0 Å². The van der Waals surface area contributed by atoms with Crippen molar-refractivity contribution in [2.45, 2.75) is 18.9 Å². The van der Waals surface area contributed by atoms with Crippen molar-refractivity contribution >= 4 is 11.4 Å². The number of fused-ring (bicyclic) bond motifs is 1. The van der Waals surface area contributed by atoms with Gasteiger partial charge in [0.25, 0.3) is 5.91 Å². The largest absolute Gasteiger partial charge is 0.416 e. The van der Waals surface area contributed by atoms with E-state index in [-0.39, 0.29) is 12.6 Å². The van der Waals surface area contributed by atoms with E-state index in [0.717, 1.165) is 5.52 Å². The second-order valence-electron chi connectivity index (χ2n) is 5.68. The van der Waals surface area contributed by atoms with Gasteiger partial charge in [0.1, 0.15) is 0 Å². The maximum atomic E-state index is 12.9. The highest BCUT2D eigenvalue weighted by Gasteiger charge is 2.37. The summed E-state index contributed by atoms with van der Waals surface area (Å²) < 4.78 is 78.7. The second-order valence-corrected chi connectivity index (χ2v) is 5.68. The Bertz CT molecular complexity index is 925. The van der Waals surface area contributed by atoms with Crippen LogP contribution in [0.5, 0.6) is 0 Å². The third-order valence-electron chi connectivity index (χ3n) is 3.70. The fourth-order valence-electron chi connectivity index (χ4n) is 2.44. The number of rotatable bonds is 3. The first-order chi connectivity index (χ1) is 12.5. The van der Waals surface area contributed by atoms with Crippen molar-refractivity contribution in [1.82, 2.24) is 14.9 Å². The number of halogens is 6. The topological polar surface area (TPSA) is 46.4 Å². The summed E-state index contributed by atoms with van der Waals surface area (Å²) in [7, 11) is 0. The second kappa shape index (κ2) is 6.60. The fraction of sp³-hybridized carbons (Fsp3) is 0.176. The molecule has 3 aromatic rings. The maximum Gasteiger partial charge on any atom is 0.416 e. The maximum absolute atomic E-state index is 12.9. The molecule has 2 aromatic heterocycles. The number of benzene rings is 1. The van der Waals surface area contributed by atoms with Crippen LogP contribution >= 0.6 is 0 Å². The Morgan fingerprint density at radius 3 is 2.15 bits per heavy atom. The smallest absolute Gasteiger partial charge is 0.346 e. The molecule has 0 aliphatic rings. The van der Waals surface area contributed by atoms with Crippen LogP contribution in [0.15, 0.2) is 48.7 Å². The molecule has 0 aliphatic heterocycles. The van der Waals surface area contributed by atoms with Gasteiger partial charge in [-0.05, 0) is 36.4 Å². The molecule has 1 amide bonds. The standard InChI is InChI=1S/C17H11F6N3O/c18-16(19,20)11-5-10(6-12(7-11)17(21,22)23)15(27)24-9-13-8-14-3-1-2-4-26(14)25-13/h1-8H,9H2,(H,24,27). The molecule has 0 aliphatic carbocycles. The molecule has 0 radical (unpaired) electrons. The molecule has 2 heterocycles. The highest BCUT2D eigenvalue weighted by atomic mass is 19.4. The first-order valence-electron chi connectivity index (χ1n) is 7.55. The number of alkyl halides is 6. The molecule has 27 heavy (non-hydrogen) atoms. The van der Waals surface area contributed by atoms with E-state index in [4.69, 9.17) is 0 Å². The van der Waals surface area contributed by atoms with Crippen LogP contribution < -0.4 is 5.32 Å². The third kappa shape index (κ3) is 4.21. The van der Waals surface area contributed by atoms with Crippen LogP contribution in [-0.4, -0.2) is 15.5 Å². The van der Waals surface area contributed by atoms with E-state index in [1.165, 1.54) is 4.52 Å². The molecular formula is C17H11F6N3O. The van der Waals surface area contributed by atoms with Crippen molar-refractivity contribution in [1.29, 1.82) is 0 Å². The normalized spacial score (nSPS) is 12.4. The van der Waals surface area contributed by atoms with Crippen molar-refractivity contribution in [3.05, 3.63) is 71.0 Å². The molecule has 0 spiro atoms. The number of amides is 1. The summed E-state index contributed by atoms with van der Waals surface area (Å²) in [6.45, 7) is -0.155. The fourth-order valence-corrected chi connectivity index (χ4v) is 2.44. The van der Waals surface area contributed by atoms with E-state index in [9.17, 15) is 31.1 Å². The van der Waals surface area contributed by atoms with E-state index in [1.807, 2.05) is 0 Å². The van der Waals surface area contributed by atoms with Crippen LogP contribution in [0.25, 0.3) is 5.52 Å². The monoisotopic (exact) mass is 387 g/mol. The van der Waals surface area contributed by atoms with Crippen molar-refractivity contribution in [2.75, 3.05) is 0 Å². The van der Waals surface area contributed by atoms with Crippen LogP contribution in [0.4, 0.5) is 26.3 Å². The first-order valence-corrected chi connectivity index (χ1v) is 7.55. The molecule has 0 saturated carbocycles. The molecule has 0 atom stereocenters. The minimum absolute atomic E-state index is 0.0289. The molecule has 0 saturated heterocycles. The third-order valence-corrected chi connectivity index (χ3v) is 3.70. The Kier molecular flexibility index (Phi) is 4.58. The Morgan fingerprint density at radius 1 is 0.963 bits per heavy atom. The Morgan fingerprint density at radius 2 is 1.59 bits per heavy atom. The Labute approximate surface area is 148 Å². The number of hydrogen-bond donors (Lipinski definition) is 1. The number of carbonyl (C=O) groups excluding carboxylic acids is 1. The number of aromatic nitrogens is 2. The van der Waals surface area contributed by atoms with Gasteiger partial charge in [0.2, 0.25) is 0 Å². The minimum atomic E-state index is -5.02. The highest BCUT2D eigenvalue weighted by Crippen LogP contribution is 2.36. The van der Waals surface area contributed by atoms with Crippen LogP contribution in [-0.2, 0) is 18.9 Å². The van der Waals surface area contributed by atoms with Gasteiger partial charge in [-0.25, -0.2) is 4.52 Å². The predicted molar refractivity (Wildman–Crippen MR) is 82.8 cm³/mol. The predicted octanol–water partition coefficient (Wildman–Crippen LogP) is 4.30. The van der Waals surface area contributed by atoms with Gasteiger partial charge >= 0.3 is 12.4 Å². The summed E-state index contributed by atoms with van der Waals surface area (Å²) in [6.07, 6.45) is -8.38. The lowest BCUT2D eigenvalue weighted by molar-refractivity contribution is -0.143. The summed E-state index contributed by atoms with van der Waals surface area (Å²) in [5.41, 5.74) is -2.70. The number of nitrogens with one attached hydrogen (secondary N) is 1. The van der Waals surface area contributed by atoms with Crippen LogP contribution in [0.2, 0.25) is 0 Å². The summed E-state index contributed by atoms with van der Waals surface area (Å²) in [4.78, 5) is 12.1. The Hall–Kier alpha value is -3.04. The molecular weight excluding hydrogens is 376 g/mol. The van der Waals surface area contributed by atoms with Gasteiger partial charge in [0.15, 0.2) is 0 Å². The van der Waals surface area contributed by atoms with Gasteiger partial charge in [-0.3, -0.25) is 4.79 Å². The lowest BCUT2D eigenvalue weighted by Gasteiger charge is -2.14. The van der Waals surface area contributed by atoms with Gasteiger partial charge in [0.05, 0.1) is 28.9 Å². The van der Waals surface area contributed by atoms with Gasteiger partial charge < -0.3 is 5.32 Å². The van der Waals surface area contributed by atoms with Gasteiger partial charge in [-0.1, -0.05) is 6.07 Å². The summed E-state index contributed by atoms with van der Waals surface area (Å²) >= 11 is 0. The van der Waals surface area contributed by atoms with E-state index in [1.54, 1.807) is 30.5 Å². The zero-order valence-electron chi connectivity index (χ0n) is 13.4. The van der Waals surface area contributed by atoms with Gasteiger partial charge in [0, 0.05) is 11.8 Å². The summed E-state index contributed by atoms with van der Waals surface area (Å²) in [5.74, 6) is -1.07. The SMILES string of the molecule is O=C(NCc1cc2ccccn2n1)c1cc(C(F)(F)F)cc(C(F)(F)F)c1. The lowest BCUT2D eigenvalue weighted by Crippen LogP contribution is -2.24. The van der Waals surface area contributed by atoms with E-state index in [2.05, 4.69) is 10.4 Å². The molecule has 1 aromatic carbocycles. The van der Waals surface area contributed by atoms with Crippen molar-refractivity contribution in [3.8, 4) is 0 Å². The van der Waals surface area contributed by atoms with E-state index >= 15 is 0 Å². The van der Waals surface area contributed by atoms with Crippen LogP contribution in [0.1, 0.15) is 27.2 Å². The molecule has 0 unspecified atom stereocenters. The molecule has 4 nitrogen and oxygen atoms in total. The molecule has 10 heteroatoms. The van der Waals surface area contributed by atoms with E-state index in [0.29, 0.717) is 17.8 Å². The minimum Gasteiger partial charge on any atom is -0.346 e. The molecule has 3 rings (SSSR count). The zero-order valence-corrected chi connectivity index (χ0v) is 13.4. The Balaban J connectivity index is 1.84. The average molecular weight is 387 g/mol. The first kappa shape index (κ1) is 18.7. The number of pyridine rings is 1. The average Bonchev–Trinajstić information content (AvgIpc) is 3.00.